The first-order valence-electron chi connectivity index (χ1n) is 4.89. The minimum atomic E-state index is -0.860. The van der Waals surface area contributed by atoms with Gasteiger partial charge in [-0.3, -0.25) is 4.79 Å². The second kappa shape index (κ2) is 5.41. The van der Waals surface area contributed by atoms with E-state index >= 15 is 0 Å². The van der Waals surface area contributed by atoms with E-state index in [1.807, 2.05) is 6.92 Å². The summed E-state index contributed by atoms with van der Waals surface area (Å²) in [4.78, 5) is 18.8. The van der Waals surface area contributed by atoms with E-state index < -0.39 is 12.0 Å². The van der Waals surface area contributed by atoms with Crippen LogP contribution >= 0.6 is 0 Å². The molecule has 0 spiro atoms. The lowest BCUT2D eigenvalue weighted by molar-refractivity contribution is -0.139. The Kier molecular flexibility index (Phi) is 4.17. The van der Waals surface area contributed by atoms with E-state index in [4.69, 9.17) is 5.11 Å². The molecule has 0 aliphatic heterocycles. The van der Waals surface area contributed by atoms with Crippen molar-refractivity contribution in [3.63, 3.8) is 0 Å². The van der Waals surface area contributed by atoms with Gasteiger partial charge in [0.15, 0.2) is 0 Å². The van der Waals surface area contributed by atoms with Gasteiger partial charge in [-0.25, -0.2) is 9.97 Å². The number of carboxylic acid groups (broad SMARTS) is 1. The van der Waals surface area contributed by atoms with Crippen molar-refractivity contribution in [2.24, 2.45) is 0 Å². The van der Waals surface area contributed by atoms with Gasteiger partial charge in [-0.05, 0) is 6.92 Å². The highest BCUT2D eigenvalue weighted by Gasteiger charge is 2.09. The molecule has 0 aromatic carbocycles. The zero-order valence-electron chi connectivity index (χ0n) is 8.90. The normalized spacial score (nSPS) is 12.4. The van der Waals surface area contributed by atoms with Crippen molar-refractivity contribution >= 4 is 5.97 Å². The number of carboxylic acids is 1. The predicted molar refractivity (Wildman–Crippen MR) is 55.3 cm³/mol. The van der Waals surface area contributed by atoms with Crippen LogP contribution in [0.25, 0.3) is 0 Å². The van der Waals surface area contributed by atoms with Gasteiger partial charge in [0.2, 0.25) is 0 Å². The fourth-order valence-corrected chi connectivity index (χ4v) is 1.01. The maximum Gasteiger partial charge on any atom is 0.320 e. The molecule has 0 fully saturated rings. The number of aromatic nitrogens is 2. The summed E-state index contributed by atoms with van der Waals surface area (Å²) in [6, 6.07) is -0.559. The van der Waals surface area contributed by atoms with E-state index in [9.17, 15) is 4.79 Å². The fourth-order valence-electron chi connectivity index (χ4n) is 1.01. The molecule has 1 aromatic heterocycles. The Morgan fingerprint density at radius 1 is 1.53 bits per heavy atom. The van der Waals surface area contributed by atoms with Crippen molar-refractivity contribution in [1.82, 2.24) is 15.3 Å². The average molecular weight is 209 g/mol. The van der Waals surface area contributed by atoms with Gasteiger partial charge in [0.1, 0.15) is 11.9 Å². The lowest BCUT2D eigenvalue weighted by atomic mass is 10.3. The molecule has 1 heterocycles. The SMILES string of the molecule is CCc1ncc(CN[C@H](C)C(=O)O)cn1. The maximum absolute atomic E-state index is 10.5. The summed E-state index contributed by atoms with van der Waals surface area (Å²) in [7, 11) is 0. The Balaban J connectivity index is 2.47. The van der Waals surface area contributed by atoms with Crippen LogP contribution in [-0.4, -0.2) is 27.1 Å². The van der Waals surface area contributed by atoms with Crippen molar-refractivity contribution in [3.8, 4) is 0 Å². The third-order valence-corrected chi connectivity index (χ3v) is 2.06. The molecule has 5 nitrogen and oxygen atoms in total. The van der Waals surface area contributed by atoms with Crippen molar-refractivity contribution in [2.75, 3.05) is 0 Å². The molecule has 1 aromatic rings. The molecular formula is C10H15N3O2. The summed E-state index contributed by atoms with van der Waals surface area (Å²) in [6.07, 6.45) is 4.24. The Morgan fingerprint density at radius 3 is 2.60 bits per heavy atom. The van der Waals surface area contributed by atoms with Crippen molar-refractivity contribution in [3.05, 3.63) is 23.8 Å². The van der Waals surface area contributed by atoms with E-state index in [-0.39, 0.29) is 0 Å². The number of aryl methyl sites for hydroxylation is 1. The number of carbonyl (C=O) groups is 1. The number of nitrogens with zero attached hydrogens (tertiary/aromatic N) is 2. The van der Waals surface area contributed by atoms with Crippen LogP contribution in [0.2, 0.25) is 0 Å². The van der Waals surface area contributed by atoms with Crippen LogP contribution in [0.3, 0.4) is 0 Å². The van der Waals surface area contributed by atoms with Crippen LogP contribution in [-0.2, 0) is 17.8 Å². The third-order valence-electron chi connectivity index (χ3n) is 2.06. The zero-order valence-corrected chi connectivity index (χ0v) is 8.90. The Labute approximate surface area is 88.6 Å². The zero-order chi connectivity index (χ0) is 11.3. The largest absolute Gasteiger partial charge is 0.480 e. The van der Waals surface area contributed by atoms with Crippen LogP contribution in [0.5, 0.6) is 0 Å². The van der Waals surface area contributed by atoms with E-state index in [1.165, 1.54) is 0 Å². The Morgan fingerprint density at radius 2 is 2.13 bits per heavy atom. The van der Waals surface area contributed by atoms with Crippen LogP contribution in [0, 0.1) is 0 Å². The number of rotatable bonds is 5. The summed E-state index contributed by atoms with van der Waals surface area (Å²) in [5, 5.41) is 11.5. The van der Waals surface area contributed by atoms with Gasteiger partial charge in [-0.2, -0.15) is 0 Å². The molecule has 0 aliphatic rings. The van der Waals surface area contributed by atoms with Gasteiger partial charge in [0, 0.05) is 30.9 Å². The number of hydrogen-bond acceptors (Lipinski definition) is 4. The standard InChI is InChI=1S/C10H15N3O2/c1-3-9-12-5-8(6-13-9)4-11-7(2)10(14)15/h5-7,11H,3-4H2,1-2H3,(H,14,15)/t7-/m1/s1. The Hall–Kier alpha value is -1.49. The lowest BCUT2D eigenvalue weighted by Gasteiger charge is -2.08. The van der Waals surface area contributed by atoms with Gasteiger partial charge < -0.3 is 10.4 Å². The average Bonchev–Trinajstić information content (AvgIpc) is 2.26. The topological polar surface area (TPSA) is 75.1 Å². The van der Waals surface area contributed by atoms with Crippen LogP contribution in [0.1, 0.15) is 25.2 Å². The first-order chi connectivity index (χ1) is 7.13. The highest BCUT2D eigenvalue weighted by atomic mass is 16.4. The van der Waals surface area contributed by atoms with Crippen LogP contribution in [0.15, 0.2) is 12.4 Å². The molecule has 5 heteroatoms. The summed E-state index contributed by atoms with van der Waals surface area (Å²) < 4.78 is 0. The highest BCUT2D eigenvalue weighted by Crippen LogP contribution is 1.97. The van der Waals surface area contributed by atoms with Crippen molar-refractivity contribution < 1.29 is 9.90 Å². The molecule has 0 radical (unpaired) electrons. The molecule has 1 rings (SSSR count). The highest BCUT2D eigenvalue weighted by molar-refractivity contribution is 5.72. The first-order valence-corrected chi connectivity index (χ1v) is 4.89. The molecule has 0 bridgehead atoms. The van der Waals surface area contributed by atoms with Gasteiger partial charge >= 0.3 is 5.97 Å². The van der Waals surface area contributed by atoms with Crippen LogP contribution < -0.4 is 5.32 Å². The minimum Gasteiger partial charge on any atom is -0.480 e. The van der Waals surface area contributed by atoms with E-state index in [2.05, 4.69) is 15.3 Å². The number of aliphatic carboxylic acids is 1. The molecule has 1 atom stereocenters. The maximum atomic E-state index is 10.5. The second-order valence-corrected chi connectivity index (χ2v) is 3.30. The molecule has 15 heavy (non-hydrogen) atoms. The number of hydrogen-bond donors (Lipinski definition) is 2. The molecule has 82 valence electrons. The molecular weight excluding hydrogens is 194 g/mol. The first kappa shape index (κ1) is 11.6. The molecule has 0 amide bonds. The second-order valence-electron chi connectivity index (χ2n) is 3.30. The van der Waals surface area contributed by atoms with Gasteiger partial charge in [-0.15, -0.1) is 0 Å². The number of nitrogens with one attached hydrogen (secondary N) is 1. The van der Waals surface area contributed by atoms with Gasteiger partial charge in [-0.1, -0.05) is 6.92 Å². The summed E-state index contributed by atoms with van der Waals surface area (Å²) >= 11 is 0. The molecule has 2 N–H and O–H groups in total. The fraction of sp³-hybridized carbons (Fsp3) is 0.500. The van der Waals surface area contributed by atoms with E-state index in [0.29, 0.717) is 6.54 Å². The molecule has 0 aliphatic carbocycles. The Bertz CT molecular complexity index is 324. The minimum absolute atomic E-state index is 0.470. The van der Waals surface area contributed by atoms with Crippen molar-refractivity contribution in [1.29, 1.82) is 0 Å². The molecule has 0 saturated carbocycles. The summed E-state index contributed by atoms with van der Waals surface area (Å²) in [5.41, 5.74) is 0.889. The van der Waals surface area contributed by atoms with Gasteiger partial charge in [0.05, 0.1) is 0 Å². The van der Waals surface area contributed by atoms with Crippen molar-refractivity contribution in [2.45, 2.75) is 32.9 Å². The molecule has 0 saturated heterocycles. The van der Waals surface area contributed by atoms with E-state index in [1.54, 1.807) is 19.3 Å². The third kappa shape index (κ3) is 3.63. The smallest absolute Gasteiger partial charge is 0.320 e. The summed E-state index contributed by atoms with van der Waals surface area (Å²) in [6.45, 7) is 4.06. The van der Waals surface area contributed by atoms with Gasteiger partial charge in [0.25, 0.3) is 0 Å². The van der Waals surface area contributed by atoms with Crippen LogP contribution in [0.4, 0.5) is 0 Å². The monoisotopic (exact) mass is 209 g/mol. The molecule has 0 unspecified atom stereocenters. The van der Waals surface area contributed by atoms with E-state index in [0.717, 1.165) is 17.8 Å². The quantitative estimate of drug-likeness (QED) is 0.742. The predicted octanol–water partition coefficient (Wildman–Crippen LogP) is 0.602. The summed E-state index contributed by atoms with van der Waals surface area (Å²) in [5.74, 6) is -0.0638. The lowest BCUT2D eigenvalue weighted by Crippen LogP contribution is -2.33.